The Bertz CT molecular complexity index is 1230. The number of anilines is 1. The second-order valence-electron chi connectivity index (χ2n) is 7.29. The van der Waals surface area contributed by atoms with Gasteiger partial charge >= 0.3 is 0 Å². The molecule has 3 aromatic carbocycles. The van der Waals surface area contributed by atoms with Gasteiger partial charge in [-0.25, -0.2) is 9.67 Å². The number of hydrogen-bond acceptors (Lipinski definition) is 3. The first-order valence-electron chi connectivity index (χ1n) is 9.59. The number of halogens is 1. The number of rotatable bonds is 4. The third-order valence-electron chi connectivity index (χ3n) is 4.80. The number of amides is 1. The molecule has 0 unspecified atom stereocenters. The molecule has 150 valence electrons. The summed E-state index contributed by atoms with van der Waals surface area (Å²) >= 11 is 6.17. The van der Waals surface area contributed by atoms with Gasteiger partial charge in [0.2, 0.25) is 5.82 Å². The minimum Gasteiger partial charge on any atom is -0.319 e. The number of nitrogens with zero attached hydrogens (tertiary/aromatic N) is 3. The lowest BCUT2D eigenvalue weighted by molar-refractivity contribution is 0.101. The van der Waals surface area contributed by atoms with Crippen molar-refractivity contribution < 1.29 is 4.79 Å². The molecule has 0 saturated carbocycles. The highest BCUT2D eigenvalue weighted by Gasteiger charge is 2.19. The van der Waals surface area contributed by atoms with E-state index in [4.69, 9.17) is 11.6 Å². The molecule has 4 rings (SSSR count). The summed E-state index contributed by atoms with van der Waals surface area (Å²) in [5, 5.41) is 7.93. The monoisotopic (exact) mass is 416 g/mol. The van der Waals surface area contributed by atoms with Gasteiger partial charge in [0.25, 0.3) is 5.91 Å². The van der Waals surface area contributed by atoms with E-state index in [9.17, 15) is 4.79 Å². The van der Waals surface area contributed by atoms with Crippen LogP contribution in [-0.4, -0.2) is 20.7 Å². The van der Waals surface area contributed by atoms with Crippen molar-refractivity contribution in [2.75, 3.05) is 5.32 Å². The van der Waals surface area contributed by atoms with E-state index >= 15 is 0 Å². The van der Waals surface area contributed by atoms with Crippen molar-refractivity contribution in [1.29, 1.82) is 0 Å². The molecule has 1 aromatic heterocycles. The van der Waals surface area contributed by atoms with E-state index in [1.54, 1.807) is 16.8 Å². The van der Waals surface area contributed by atoms with Crippen LogP contribution in [0.1, 0.15) is 27.3 Å². The molecule has 0 atom stereocenters. The summed E-state index contributed by atoms with van der Waals surface area (Å²) in [7, 11) is 0. The Morgan fingerprint density at radius 2 is 1.70 bits per heavy atom. The van der Waals surface area contributed by atoms with Crippen LogP contribution in [0.3, 0.4) is 0 Å². The van der Waals surface area contributed by atoms with Gasteiger partial charge in [-0.05, 0) is 56.2 Å². The minimum atomic E-state index is -0.394. The van der Waals surface area contributed by atoms with Gasteiger partial charge in [0.15, 0.2) is 5.82 Å². The summed E-state index contributed by atoms with van der Waals surface area (Å²) in [5.41, 5.74) is 5.51. The minimum absolute atomic E-state index is 0.0868. The molecule has 1 amide bonds. The first-order chi connectivity index (χ1) is 14.4. The number of aryl methyl sites for hydroxylation is 3. The van der Waals surface area contributed by atoms with E-state index in [0.29, 0.717) is 16.5 Å². The number of hydrogen-bond donors (Lipinski definition) is 1. The van der Waals surface area contributed by atoms with Crippen molar-refractivity contribution in [3.05, 3.63) is 94.3 Å². The second-order valence-corrected chi connectivity index (χ2v) is 7.70. The Labute approximate surface area is 180 Å². The van der Waals surface area contributed by atoms with E-state index < -0.39 is 5.91 Å². The van der Waals surface area contributed by atoms with E-state index in [2.05, 4.69) is 15.4 Å². The Morgan fingerprint density at radius 3 is 2.40 bits per heavy atom. The molecule has 30 heavy (non-hydrogen) atoms. The molecule has 6 heteroatoms. The van der Waals surface area contributed by atoms with Crippen LogP contribution in [0.25, 0.3) is 17.1 Å². The van der Waals surface area contributed by atoms with Crippen LogP contribution < -0.4 is 5.32 Å². The summed E-state index contributed by atoms with van der Waals surface area (Å²) in [6.07, 6.45) is 0. The molecule has 0 saturated heterocycles. The third-order valence-corrected chi connectivity index (χ3v) is 5.20. The zero-order chi connectivity index (χ0) is 21.3. The van der Waals surface area contributed by atoms with Crippen molar-refractivity contribution in [1.82, 2.24) is 14.8 Å². The average molecular weight is 417 g/mol. The molecular weight excluding hydrogens is 396 g/mol. The molecule has 1 heterocycles. The van der Waals surface area contributed by atoms with Crippen LogP contribution in [-0.2, 0) is 0 Å². The van der Waals surface area contributed by atoms with Crippen LogP contribution in [0.2, 0.25) is 5.02 Å². The maximum absolute atomic E-state index is 12.9. The van der Waals surface area contributed by atoms with Crippen molar-refractivity contribution in [3.63, 3.8) is 0 Å². The zero-order valence-corrected chi connectivity index (χ0v) is 17.7. The summed E-state index contributed by atoms with van der Waals surface area (Å²) in [5.74, 6) is 0.297. The lowest BCUT2D eigenvalue weighted by Crippen LogP contribution is -2.14. The fourth-order valence-corrected chi connectivity index (χ4v) is 3.28. The van der Waals surface area contributed by atoms with Gasteiger partial charge in [-0.1, -0.05) is 59.6 Å². The Kier molecular flexibility index (Phi) is 5.38. The number of nitrogens with one attached hydrogen (secondary N) is 1. The number of benzene rings is 3. The Morgan fingerprint density at radius 1 is 0.933 bits per heavy atom. The van der Waals surface area contributed by atoms with Crippen LogP contribution >= 0.6 is 11.6 Å². The summed E-state index contributed by atoms with van der Waals surface area (Å²) in [4.78, 5) is 17.4. The molecule has 0 spiro atoms. The molecule has 0 radical (unpaired) electrons. The van der Waals surface area contributed by atoms with Gasteiger partial charge < -0.3 is 5.32 Å². The van der Waals surface area contributed by atoms with Crippen LogP contribution in [0.5, 0.6) is 0 Å². The zero-order valence-electron chi connectivity index (χ0n) is 17.0. The van der Waals surface area contributed by atoms with Crippen LogP contribution in [0.15, 0.2) is 66.7 Å². The van der Waals surface area contributed by atoms with E-state index in [-0.39, 0.29) is 5.82 Å². The van der Waals surface area contributed by atoms with Gasteiger partial charge in [0.05, 0.1) is 5.69 Å². The smallest absolute Gasteiger partial charge is 0.295 e. The first-order valence-corrected chi connectivity index (χ1v) is 9.97. The average Bonchev–Trinajstić information content (AvgIpc) is 3.17. The number of aromatic nitrogens is 3. The first kappa shape index (κ1) is 19.9. The van der Waals surface area contributed by atoms with Gasteiger partial charge in [-0.15, -0.1) is 5.10 Å². The SMILES string of the molecule is Cc1ccc(-c2nc(C(=O)Nc3ccc(C)c(Cl)c3)nn2-c2cccc(C)c2)cc1. The molecule has 0 aliphatic carbocycles. The van der Waals surface area contributed by atoms with Crippen molar-refractivity contribution in [2.45, 2.75) is 20.8 Å². The lowest BCUT2D eigenvalue weighted by atomic mass is 10.1. The Balaban J connectivity index is 1.75. The van der Waals surface area contributed by atoms with Crippen molar-refractivity contribution in [3.8, 4) is 17.1 Å². The highest BCUT2D eigenvalue weighted by atomic mass is 35.5. The van der Waals surface area contributed by atoms with Gasteiger partial charge in [0, 0.05) is 16.3 Å². The quantitative estimate of drug-likeness (QED) is 0.459. The van der Waals surface area contributed by atoms with Crippen molar-refractivity contribution in [2.24, 2.45) is 0 Å². The number of carbonyl (C=O) groups excluding carboxylic acids is 1. The molecule has 0 aliphatic heterocycles. The van der Waals surface area contributed by atoms with Crippen LogP contribution in [0.4, 0.5) is 5.69 Å². The van der Waals surface area contributed by atoms with Gasteiger partial charge in [-0.3, -0.25) is 4.79 Å². The van der Waals surface area contributed by atoms with E-state index in [1.165, 1.54) is 0 Å². The van der Waals surface area contributed by atoms with Gasteiger partial charge in [0.1, 0.15) is 0 Å². The highest BCUT2D eigenvalue weighted by Crippen LogP contribution is 2.24. The van der Waals surface area contributed by atoms with E-state index in [0.717, 1.165) is 27.9 Å². The van der Waals surface area contributed by atoms with Gasteiger partial charge in [-0.2, -0.15) is 0 Å². The maximum Gasteiger partial charge on any atom is 0.295 e. The largest absolute Gasteiger partial charge is 0.319 e. The summed E-state index contributed by atoms with van der Waals surface area (Å²) in [6.45, 7) is 5.95. The summed E-state index contributed by atoms with van der Waals surface area (Å²) < 4.78 is 1.70. The number of carbonyl (C=O) groups is 1. The molecule has 0 fully saturated rings. The summed E-state index contributed by atoms with van der Waals surface area (Å²) in [6, 6.07) is 21.3. The molecule has 1 N–H and O–H groups in total. The van der Waals surface area contributed by atoms with E-state index in [1.807, 2.05) is 75.4 Å². The lowest BCUT2D eigenvalue weighted by Gasteiger charge is -2.07. The maximum atomic E-state index is 12.9. The molecule has 4 aromatic rings. The molecule has 5 nitrogen and oxygen atoms in total. The normalized spacial score (nSPS) is 10.8. The molecule has 0 bridgehead atoms. The second kappa shape index (κ2) is 8.13. The standard InChI is InChI=1S/C24H21ClN4O/c1-15-7-10-18(11-8-15)23-27-22(28-29(23)20-6-4-5-16(2)13-20)24(30)26-19-12-9-17(3)21(25)14-19/h4-14H,1-3H3,(H,26,30). The van der Waals surface area contributed by atoms with Crippen molar-refractivity contribution >= 4 is 23.2 Å². The third kappa shape index (κ3) is 4.11. The highest BCUT2D eigenvalue weighted by molar-refractivity contribution is 6.31. The van der Waals surface area contributed by atoms with Crippen LogP contribution in [0, 0.1) is 20.8 Å². The molecule has 0 aliphatic rings. The predicted molar refractivity (Wildman–Crippen MR) is 120 cm³/mol. The predicted octanol–water partition coefficient (Wildman–Crippen LogP) is 5.77. The topological polar surface area (TPSA) is 59.8 Å². The molecular formula is C24H21ClN4O. The fourth-order valence-electron chi connectivity index (χ4n) is 3.10. The fraction of sp³-hybridized carbons (Fsp3) is 0.125. The Hall–Kier alpha value is -3.44.